The first-order chi connectivity index (χ1) is 10.2. The van der Waals surface area contributed by atoms with Gasteiger partial charge in [0, 0.05) is 17.5 Å². The molecule has 0 bridgehead atoms. The van der Waals surface area contributed by atoms with Crippen LogP contribution in [0.25, 0.3) is 10.9 Å². The Labute approximate surface area is 120 Å². The number of H-pyrrole nitrogens is 1. The van der Waals surface area contributed by atoms with E-state index in [9.17, 15) is 9.18 Å². The zero-order valence-electron chi connectivity index (χ0n) is 11.1. The minimum atomic E-state index is -0.322. The summed E-state index contributed by atoms with van der Waals surface area (Å²) in [6, 6.07) is 10.0. The van der Waals surface area contributed by atoms with Crippen LogP contribution in [0.5, 0.6) is 0 Å². The minimum absolute atomic E-state index is 0.115. The zero-order chi connectivity index (χ0) is 14.4. The van der Waals surface area contributed by atoms with E-state index in [4.69, 9.17) is 0 Å². The van der Waals surface area contributed by atoms with Crippen LogP contribution < -0.4 is 4.90 Å². The number of aromatic nitrogens is 2. The third-order valence-electron chi connectivity index (χ3n) is 3.88. The van der Waals surface area contributed by atoms with E-state index in [0.717, 1.165) is 22.9 Å². The zero-order valence-corrected chi connectivity index (χ0v) is 11.1. The molecule has 0 atom stereocenters. The lowest BCUT2D eigenvalue weighted by atomic mass is 10.1. The fraction of sp³-hybridized carbons (Fsp3) is 0.125. The summed E-state index contributed by atoms with van der Waals surface area (Å²) < 4.78 is 13.4. The second-order valence-corrected chi connectivity index (χ2v) is 5.15. The highest BCUT2D eigenvalue weighted by Crippen LogP contribution is 2.30. The maximum Gasteiger partial charge on any atom is 0.258 e. The summed E-state index contributed by atoms with van der Waals surface area (Å²) in [5.74, 6) is -0.437. The van der Waals surface area contributed by atoms with Crippen LogP contribution in [0.2, 0.25) is 0 Å². The number of nitrogens with zero attached hydrogens (tertiary/aromatic N) is 2. The molecule has 0 saturated carbocycles. The molecular formula is C16H12FN3O. The van der Waals surface area contributed by atoms with Crippen LogP contribution in [0.15, 0.2) is 42.6 Å². The highest BCUT2D eigenvalue weighted by atomic mass is 19.1. The van der Waals surface area contributed by atoms with Gasteiger partial charge in [-0.15, -0.1) is 0 Å². The summed E-state index contributed by atoms with van der Waals surface area (Å²) in [7, 11) is 0. The maximum absolute atomic E-state index is 13.4. The average Bonchev–Trinajstić information content (AvgIpc) is 3.11. The van der Waals surface area contributed by atoms with E-state index >= 15 is 0 Å². The van der Waals surface area contributed by atoms with Gasteiger partial charge < -0.3 is 4.90 Å². The Balaban J connectivity index is 1.74. The third-order valence-corrected chi connectivity index (χ3v) is 3.88. The summed E-state index contributed by atoms with van der Waals surface area (Å²) in [6.07, 6.45) is 2.47. The summed E-state index contributed by atoms with van der Waals surface area (Å²) in [5, 5.41) is 7.76. The smallest absolute Gasteiger partial charge is 0.258 e. The van der Waals surface area contributed by atoms with Crippen molar-refractivity contribution in [3.63, 3.8) is 0 Å². The van der Waals surface area contributed by atoms with Crippen LogP contribution >= 0.6 is 0 Å². The fourth-order valence-corrected chi connectivity index (χ4v) is 2.79. The first-order valence-electron chi connectivity index (χ1n) is 6.76. The van der Waals surface area contributed by atoms with Crippen molar-refractivity contribution in [2.45, 2.75) is 6.42 Å². The molecule has 104 valence electrons. The molecular weight excluding hydrogens is 269 g/mol. The summed E-state index contributed by atoms with van der Waals surface area (Å²) in [5.41, 5.74) is 3.07. The minimum Gasteiger partial charge on any atom is -0.308 e. The van der Waals surface area contributed by atoms with Crippen molar-refractivity contribution >= 4 is 22.5 Å². The van der Waals surface area contributed by atoms with E-state index in [1.54, 1.807) is 29.3 Å². The lowest BCUT2D eigenvalue weighted by Gasteiger charge is -2.17. The van der Waals surface area contributed by atoms with E-state index in [1.807, 2.05) is 6.07 Å². The largest absolute Gasteiger partial charge is 0.308 e. The molecule has 1 aromatic heterocycles. The van der Waals surface area contributed by atoms with Crippen LogP contribution in [-0.4, -0.2) is 22.6 Å². The fourth-order valence-electron chi connectivity index (χ4n) is 2.79. The van der Waals surface area contributed by atoms with Crippen molar-refractivity contribution in [1.29, 1.82) is 0 Å². The van der Waals surface area contributed by atoms with Gasteiger partial charge in [-0.25, -0.2) is 4.39 Å². The number of hydrogen-bond acceptors (Lipinski definition) is 2. The van der Waals surface area contributed by atoms with E-state index < -0.39 is 0 Å². The Bertz CT molecular complexity index is 856. The number of benzene rings is 2. The molecule has 1 N–H and O–H groups in total. The Hall–Kier alpha value is -2.69. The number of hydrogen-bond donors (Lipinski definition) is 1. The lowest BCUT2D eigenvalue weighted by molar-refractivity contribution is 0.0989. The maximum atomic E-state index is 13.4. The normalized spacial score (nSPS) is 13.7. The molecule has 2 aromatic carbocycles. The molecule has 0 fully saturated rings. The van der Waals surface area contributed by atoms with Crippen LogP contribution in [0.1, 0.15) is 15.9 Å². The number of amides is 1. The molecule has 1 amide bonds. The van der Waals surface area contributed by atoms with Gasteiger partial charge in [0.05, 0.1) is 17.4 Å². The van der Waals surface area contributed by atoms with Crippen molar-refractivity contribution in [1.82, 2.24) is 10.2 Å². The average molecular weight is 281 g/mol. The van der Waals surface area contributed by atoms with Gasteiger partial charge in [0.25, 0.3) is 5.91 Å². The number of carbonyl (C=O) groups excluding carboxylic acids is 1. The van der Waals surface area contributed by atoms with E-state index in [-0.39, 0.29) is 11.7 Å². The number of aromatic amines is 1. The van der Waals surface area contributed by atoms with Gasteiger partial charge in [0.2, 0.25) is 0 Å². The Kier molecular flexibility index (Phi) is 2.54. The molecule has 21 heavy (non-hydrogen) atoms. The predicted octanol–water partition coefficient (Wildman–Crippen LogP) is 2.90. The van der Waals surface area contributed by atoms with Gasteiger partial charge in [-0.05, 0) is 36.2 Å². The third kappa shape index (κ3) is 1.89. The number of anilines is 1. The molecule has 3 aromatic rings. The van der Waals surface area contributed by atoms with E-state index in [1.165, 1.54) is 12.1 Å². The molecule has 4 rings (SSSR count). The molecule has 0 radical (unpaired) electrons. The van der Waals surface area contributed by atoms with E-state index in [2.05, 4.69) is 10.2 Å². The van der Waals surface area contributed by atoms with Gasteiger partial charge in [0.1, 0.15) is 5.82 Å². The lowest BCUT2D eigenvalue weighted by Crippen LogP contribution is -2.28. The SMILES string of the molecule is O=C(c1ccc2cn[nH]c2c1)N1CCc2ccc(F)cc21. The van der Waals surface area contributed by atoms with Crippen molar-refractivity contribution in [2.24, 2.45) is 0 Å². The molecule has 0 unspecified atom stereocenters. The van der Waals surface area contributed by atoms with Crippen molar-refractivity contribution in [2.75, 3.05) is 11.4 Å². The Morgan fingerprint density at radius 1 is 1.24 bits per heavy atom. The Morgan fingerprint density at radius 3 is 3.05 bits per heavy atom. The Morgan fingerprint density at radius 2 is 2.14 bits per heavy atom. The van der Waals surface area contributed by atoms with E-state index in [0.29, 0.717) is 17.8 Å². The molecule has 0 saturated heterocycles. The molecule has 1 aliphatic heterocycles. The van der Waals surface area contributed by atoms with Crippen LogP contribution in [0, 0.1) is 5.82 Å². The second kappa shape index (κ2) is 4.41. The summed E-state index contributed by atoms with van der Waals surface area (Å²) in [6.45, 7) is 0.582. The molecule has 0 spiro atoms. The van der Waals surface area contributed by atoms with Crippen molar-refractivity contribution < 1.29 is 9.18 Å². The first-order valence-corrected chi connectivity index (χ1v) is 6.76. The molecule has 5 heteroatoms. The van der Waals surface area contributed by atoms with Crippen LogP contribution in [0.4, 0.5) is 10.1 Å². The van der Waals surface area contributed by atoms with Crippen molar-refractivity contribution in [3.8, 4) is 0 Å². The van der Waals surface area contributed by atoms with Gasteiger partial charge in [0.15, 0.2) is 0 Å². The number of halogens is 1. The van der Waals surface area contributed by atoms with Crippen molar-refractivity contribution in [3.05, 3.63) is 59.5 Å². The molecule has 2 heterocycles. The van der Waals surface area contributed by atoms with Gasteiger partial charge >= 0.3 is 0 Å². The van der Waals surface area contributed by atoms with Crippen LogP contribution in [0.3, 0.4) is 0 Å². The van der Waals surface area contributed by atoms with Gasteiger partial charge in [-0.1, -0.05) is 12.1 Å². The van der Waals surface area contributed by atoms with Gasteiger partial charge in [-0.3, -0.25) is 9.89 Å². The van der Waals surface area contributed by atoms with Crippen LogP contribution in [-0.2, 0) is 6.42 Å². The highest BCUT2D eigenvalue weighted by molar-refractivity contribution is 6.08. The first kappa shape index (κ1) is 12.1. The number of carbonyl (C=O) groups is 1. The monoisotopic (exact) mass is 281 g/mol. The molecule has 0 aliphatic carbocycles. The quantitative estimate of drug-likeness (QED) is 0.745. The predicted molar refractivity (Wildman–Crippen MR) is 77.9 cm³/mol. The summed E-state index contributed by atoms with van der Waals surface area (Å²) in [4.78, 5) is 14.3. The topological polar surface area (TPSA) is 49.0 Å². The standard InChI is InChI=1S/C16H12FN3O/c17-13-4-3-10-5-6-20(15(10)8-13)16(21)11-1-2-12-9-18-19-14(12)7-11/h1-4,7-9H,5-6H2,(H,18,19). The van der Waals surface area contributed by atoms with Gasteiger partial charge in [-0.2, -0.15) is 5.10 Å². The number of fused-ring (bicyclic) bond motifs is 2. The number of rotatable bonds is 1. The number of nitrogens with one attached hydrogen (secondary N) is 1. The molecule has 4 nitrogen and oxygen atoms in total. The second-order valence-electron chi connectivity index (χ2n) is 5.15. The molecule has 1 aliphatic rings. The highest BCUT2D eigenvalue weighted by Gasteiger charge is 2.26. The summed E-state index contributed by atoms with van der Waals surface area (Å²) >= 11 is 0.